The average Bonchev–Trinajstić information content (AvgIpc) is 2.27. The van der Waals surface area contributed by atoms with Gasteiger partial charge in [0.05, 0.1) is 0 Å². The number of aliphatic carboxylic acids is 4. The Balaban J connectivity index is 4.84. The molecule has 0 aliphatic heterocycles. The van der Waals surface area contributed by atoms with Crippen molar-refractivity contribution in [3.63, 3.8) is 0 Å². The van der Waals surface area contributed by atoms with Crippen molar-refractivity contribution in [1.82, 2.24) is 0 Å². The second-order valence-corrected chi connectivity index (χ2v) is 3.69. The van der Waals surface area contributed by atoms with E-state index in [1.807, 2.05) is 0 Å². The second-order valence-electron chi connectivity index (χ2n) is 3.69. The van der Waals surface area contributed by atoms with Gasteiger partial charge in [-0.2, -0.15) is 0 Å². The van der Waals surface area contributed by atoms with Crippen molar-refractivity contribution in [2.24, 2.45) is 0 Å². The van der Waals surface area contributed by atoms with Crippen LogP contribution in [0.3, 0.4) is 0 Å². The van der Waals surface area contributed by atoms with Crippen LogP contribution < -0.4 is 0 Å². The highest BCUT2D eigenvalue weighted by molar-refractivity contribution is 6.02. The molecule has 0 aliphatic carbocycles. The summed E-state index contributed by atoms with van der Waals surface area (Å²) in [5.41, 5.74) is -5.37. The second kappa shape index (κ2) is 5.63. The fourth-order valence-corrected chi connectivity index (χ4v) is 0.695. The fraction of sp³-hybridized carbons (Fsp3) is 0.556. The Hall–Kier alpha value is -2.20. The Morgan fingerprint density at radius 3 is 1.11 bits per heavy atom. The molecular formula is C9H12O10. The van der Waals surface area contributed by atoms with Gasteiger partial charge < -0.3 is 29.9 Å². The third kappa shape index (κ3) is 3.39. The summed E-state index contributed by atoms with van der Waals surface area (Å²) in [7, 11) is 0. The lowest BCUT2D eigenvalue weighted by molar-refractivity contribution is -0.218. The zero-order valence-electron chi connectivity index (χ0n) is 9.95. The van der Waals surface area contributed by atoms with E-state index < -0.39 is 41.9 Å². The normalized spacial score (nSPS) is 11.9. The molecule has 0 amide bonds. The molecule has 108 valence electrons. The van der Waals surface area contributed by atoms with E-state index in [1.54, 1.807) is 0 Å². The fourth-order valence-electron chi connectivity index (χ4n) is 0.695. The van der Waals surface area contributed by atoms with E-state index in [2.05, 4.69) is 9.47 Å². The van der Waals surface area contributed by atoms with Crippen LogP contribution in [0.5, 0.6) is 0 Å². The van der Waals surface area contributed by atoms with Crippen molar-refractivity contribution in [1.29, 1.82) is 0 Å². The molecule has 0 heterocycles. The lowest BCUT2D eigenvalue weighted by Crippen LogP contribution is -2.50. The van der Waals surface area contributed by atoms with Crippen molar-refractivity contribution in [3.05, 3.63) is 0 Å². The molecule has 0 fully saturated rings. The lowest BCUT2D eigenvalue weighted by atomic mass is 10.1. The summed E-state index contributed by atoms with van der Waals surface area (Å²) >= 11 is 0. The number of carbonyl (C=O) groups is 4. The van der Waals surface area contributed by atoms with Crippen LogP contribution in [0.1, 0.15) is 13.8 Å². The molecule has 0 radical (unpaired) electrons. The standard InChI is InChI=1S/C9H12O10/c1-8(4(10)11,5(12)13)18-3-19-9(2,6(14)15)7(16)17/h3H2,1-2H3,(H,10,11)(H,12,13)(H,14,15)(H,16,17). The molecule has 0 atom stereocenters. The zero-order chi connectivity index (χ0) is 15.4. The minimum absolute atomic E-state index is 0.694. The van der Waals surface area contributed by atoms with E-state index in [4.69, 9.17) is 20.4 Å². The number of rotatable bonds is 8. The average molecular weight is 280 g/mol. The first-order valence-electron chi connectivity index (χ1n) is 4.70. The highest BCUT2D eigenvalue weighted by atomic mass is 16.7. The van der Waals surface area contributed by atoms with Crippen molar-refractivity contribution in [2.75, 3.05) is 6.79 Å². The highest BCUT2D eigenvalue weighted by Gasteiger charge is 2.46. The molecule has 0 aliphatic rings. The first kappa shape index (κ1) is 16.8. The minimum atomic E-state index is -2.68. The highest BCUT2D eigenvalue weighted by Crippen LogP contribution is 2.16. The van der Waals surface area contributed by atoms with Gasteiger partial charge in [0.25, 0.3) is 11.2 Å². The largest absolute Gasteiger partial charge is 0.479 e. The molecule has 10 nitrogen and oxygen atoms in total. The van der Waals surface area contributed by atoms with Gasteiger partial charge in [-0.05, 0) is 13.8 Å². The number of hydrogen-bond acceptors (Lipinski definition) is 6. The molecule has 19 heavy (non-hydrogen) atoms. The molecule has 0 saturated carbocycles. The summed E-state index contributed by atoms with van der Waals surface area (Å²) < 4.78 is 8.80. The summed E-state index contributed by atoms with van der Waals surface area (Å²) in [6.45, 7) is 0.240. The van der Waals surface area contributed by atoms with E-state index in [1.165, 1.54) is 0 Å². The first-order chi connectivity index (χ1) is 8.48. The summed E-state index contributed by atoms with van der Waals surface area (Å²) in [6, 6.07) is 0. The Morgan fingerprint density at radius 1 is 0.737 bits per heavy atom. The lowest BCUT2D eigenvalue weighted by Gasteiger charge is -2.24. The van der Waals surface area contributed by atoms with E-state index in [0.29, 0.717) is 13.8 Å². The molecule has 0 bridgehead atoms. The SMILES string of the molecule is CC(OCOC(C)(C(=O)O)C(=O)O)(C(=O)O)C(=O)O. The van der Waals surface area contributed by atoms with Crippen LogP contribution in [0.25, 0.3) is 0 Å². The van der Waals surface area contributed by atoms with Crippen molar-refractivity contribution in [2.45, 2.75) is 25.0 Å². The maximum atomic E-state index is 10.7. The quantitative estimate of drug-likeness (QED) is 0.314. The van der Waals surface area contributed by atoms with Gasteiger partial charge in [0.1, 0.15) is 0 Å². The van der Waals surface area contributed by atoms with Gasteiger partial charge >= 0.3 is 23.9 Å². The molecule has 0 aromatic carbocycles. The maximum absolute atomic E-state index is 10.7. The van der Waals surface area contributed by atoms with Crippen molar-refractivity contribution in [3.8, 4) is 0 Å². The Kier molecular flexibility index (Phi) is 4.98. The zero-order valence-corrected chi connectivity index (χ0v) is 9.95. The smallest absolute Gasteiger partial charge is 0.347 e. The van der Waals surface area contributed by atoms with Crippen LogP contribution >= 0.6 is 0 Å². The third-order valence-corrected chi connectivity index (χ3v) is 2.33. The Labute approximate surface area is 106 Å². The number of ether oxygens (including phenoxy) is 2. The minimum Gasteiger partial charge on any atom is -0.479 e. The van der Waals surface area contributed by atoms with Gasteiger partial charge in [-0.3, -0.25) is 0 Å². The van der Waals surface area contributed by atoms with Crippen LogP contribution in [0.4, 0.5) is 0 Å². The summed E-state index contributed by atoms with van der Waals surface area (Å²) in [5.74, 6) is -7.40. The van der Waals surface area contributed by atoms with E-state index in [9.17, 15) is 19.2 Å². The van der Waals surface area contributed by atoms with Crippen LogP contribution in [0.2, 0.25) is 0 Å². The number of carboxylic acids is 4. The molecule has 0 aromatic rings. The number of carboxylic acid groups (broad SMARTS) is 4. The maximum Gasteiger partial charge on any atom is 0.347 e. The predicted molar refractivity (Wildman–Crippen MR) is 54.4 cm³/mol. The van der Waals surface area contributed by atoms with Crippen LogP contribution in [-0.4, -0.2) is 62.3 Å². The van der Waals surface area contributed by atoms with Gasteiger partial charge in [0.2, 0.25) is 0 Å². The molecule has 10 heteroatoms. The van der Waals surface area contributed by atoms with E-state index >= 15 is 0 Å². The van der Waals surface area contributed by atoms with Crippen molar-refractivity contribution < 1.29 is 49.1 Å². The van der Waals surface area contributed by atoms with Gasteiger partial charge in [-0.15, -0.1) is 0 Å². The molecular weight excluding hydrogens is 268 g/mol. The Morgan fingerprint density at radius 2 is 0.947 bits per heavy atom. The topological polar surface area (TPSA) is 168 Å². The van der Waals surface area contributed by atoms with E-state index in [-0.39, 0.29) is 0 Å². The third-order valence-electron chi connectivity index (χ3n) is 2.33. The van der Waals surface area contributed by atoms with Gasteiger partial charge in [-0.25, -0.2) is 19.2 Å². The first-order valence-corrected chi connectivity index (χ1v) is 4.70. The Bertz CT molecular complexity index is 345. The molecule has 0 saturated heterocycles. The molecule has 0 spiro atoms. The summed E-state index contributed by atoms with van der Waals surface area (Å²) in [6.07, 6.45) is 0. The van der Waals surface area contributed by atoms with Crippen molar-refractivity contribution >= 4 is 23.9 Å². The number of hydrogen-bond donors (Lipinski definition) is 4. The molecule has 0 aromatic heterocycles. The van der Waals surface area contributed by atoms with Gasteiger partial charge in [0.15, 0.2) is 6.79 Å². The summed E-state index contributed by atoms with van der Waals surface area (Å²) in [4.78, 5) is 42.8. The molecule has 0 unspecified atom stereocenters. The van der Waals surface area contributed by atoms with E-state index in [0.717, 1.165) is 0 Å². The van der Waals surface area contributed by atoms with Crippen LogP contribution in [0.15, 0.2) is 0 Å². The van der Waals surface area contributed by atoms with Crippen LogP contribution in [0, 0.1) is 0 Å². The van der Waals surface area contributed by atoms with Gasteiger partial charge in [-0.1, -0.05) is 0 Å². The molecule has 0 rings (SSSR count). The predicted octanol–water partition coefficient (Wildman–Crippen LogP) is -1.17. The summed E-state index contributed by atoms with van der Waals surface area (Å²) in [5, 5.41) is 34.6. The van der Waals surface area contributed by atoms with Gasteiger partial charge in [0, 0.05) is 0 Å². The monoisotopic (exact) mass is 280 g/mol. The molecule has 4 N–H and O–H groups in total. The van der Waals surface area contributed by atoms with Crippen LogP contribution in [-0.2, 0) is 28.7 Å².